The van der Waals surface area contributed by atoms with E-state index in [4.69, 9.17) is 6.42 Å². The number of hydrogen-bond acceptors (Lipinski definition) is 1. The van der Waals surface area contributed by atoms with Crippen LogP contribution in [0.1, 0.15) is 24.8 Å². The Kier molecular flexibility index (Phi) is 4.85. The molecule has 3 heteroatoms. The second kappa shape index (κ2) is 6.84. The van der Waals surface area contributed by atoms with E-state index < -0.39 is 0 Å². The van der Waals surface area contributed by atoms with E-state index in [1.165, 1.54) is 12.0 Å². The van der Waals surface area contributed by atoms with Gasteiger partial charge in [0.15, 0.2) is 5.96 Å². The summed E-state index contributed by atoms with van der Waals surface area (Å²) < 4.78 is 0. The number of rotatable bonds is 3. The lowest BCUT2D eigenvalue weighted by Gasteiger charge is -2.21. The monoisotopic (exact) mass is 255 g/mol. The number of nitrogens with zero attached hydrogens (tertiary/aromatic N) is 2. The quantitative estimate of drug-likeness (QED) is 0.509. The predicted molar refractivity (Wildman–Crippen MR) is 80.2 cm³/mol. The van der Waals surface area contributed by atoms with Gasteiger partial charge in [-0.05, 0) is 18.9 Å². The molecule has 0 aliphatic carbocycles. The highest BCUT2D eigenvalue weighted by Crippen LogP contribution is 2.26. The summed E-state index contributed by atoms with van der Waals surface area (Å²) in [6, 6.07) is 10.7. The smallest absolute Gasteiger partial charge is 0.194 e. The minimum absolute atomic E-state index is 0.439. The molecule has 1 aromatic carbocycles. The molecule has 2 rings (SSSR count). The van der Waals surface area contributed by atoms with E-state index in [-0.39, 0.29) is 0 Å². The second-order valence-electron chi connectivity index (χ2n) is 4.72. The van der Waals surface area contributed by atoms with E-state index in [1.54, 1.807) is 0 Å². The first-order valence-electron chi connectivity index (χ1n) is 6.86. The van der Waals surface area contributed by atoms with Crippen molar-refractivity contribution in [1.82, 2.24) is 10.2 Å². The molecular formula is C16H21N3. The SMILES string of the molecule is C#CCN=C(NCC)N1CCC(c2ccccc2)C1. The van der Waals surface area contributed by atoms with Crippen LogP contribution in [0, 0.1) is 12.3 Å². The minimum atomic E-state index is 0.439. The second-order valence-corrected chi connectivity index (χ2v) is 4.72. The molecule has 3 nitrogen and oxygen atoms in total. The molecule has 0 saturated carbocycles. The summed E-state index contributed by atoms with van der Waals surface area (Å²) in [6.07, 6.45) is 6.46. The van der Waals surface area contributed by atoms with Crippen LogP contribution in [0.25, 0.3) is 0 Å². The van der Waals surface area contributed by atoms with Gasteiger partial charge in [0.1, 0.15) is 6.54 Å². The molecule has 1 heterocycles. The normalized spacial score (nSPS) is 19.3. The highest BCUT2D eigenvalue weighted by Gasteiger charge is 2.25. The van der Waals surface area contributed by atoms with Gasteiger partial charge < -0.3 is 10.2 Å². The lowest BCUT2D eigenvalue weighted by molar-refractivity contribution is 0.487. The van der Waals surface area contributed by atoms with Crippen LogP contribution < -0.4 is 5.32 Å². The van der Waals surface area contributed by atoms with Crippen molar-refractivity contribution in [2.24, 2.45) is 4.99 Å². The molecule has 100 valence electrons. The summed E-state index contributed by atoms with van der Waals surface area (Å²) in [7, 11) is 0. The number of guanidine groups is 1. The Hall–Kier alpha value is -1.95. The van der Waals surface area contributed by atoms with Crippen molar-refractivity contribution in [1.29, 1.82) is 0 Å². The highest BCUT2D eigenvalue weighted by molar-refractivity contribution is 5.80. The van der Waals surface area contributed by atoms with E-state index in [1.807, 2.05) is 0 Å². The Morgan fingerprint density at radius 2 is 2.26 bits per heavy atom. The third-order valence-electron chi connectivity index (χ3n) is 3.41. The first kappa shape index (κ1) is 13.5. The summed E-state index contributed by atoms with van der Waals surface area (Å²) in [5, 5.41) is 3.31. The average molecular weight is 255 g/mol. The van der Waals surface area contributed by atoms with Crippen LogP contribution in [-0.2, 0) is 0 Å². The van der Waals surface area contributed by atoms with Gasteiger partial charge in [-0.25, -0.2) is 4.99 Å². The molecule has 0 radical (unpaired) electrons. The first-order chi connectivity index (χ1) is 9.35. The Morgan fingerprint density at radius 3 is 2.95 bits per heavy atom. The van der Waals surface area contributed by atoms with Crippen molar-refractivity contribution >= 4 is 5.96 Å². The Balaban J connectivity index is 2.02. The predicted octanol–water partition coefficient (Wildman–Crippen LogP) is 2.07. The first-order valence-corrected chi connectivity index (χ1v) is 6.86. The van der Waals surface area contributed by atoms with Gasteiger partial charge in [0.05, 0.1) is 0 Å². The molecule has 1 N–H and O–H groups in total. The third kappa shape index (κ3) is 3.51. The molecule has 19 heavy (non-hydrogen) atoms. The van der Waals surface area contributed by atoms with Crippen molar-refractivity contribution in [3.63, 3.8) is 0 Å². The van der Waals surface area contributed by atoms with Gasteiger partial charge in [0.2, 0.25) is 0 Å². The zero-order valence-electron chi connectivity index (χ0n) is 11.5. The largest absolute Gasteiger partial charge is 0.356 e. The summed E-state index contributed by atoms with van der Waals surface area (Å²) in [5.41, 5.74) is 1.41. The van der Waals surface area contributed by atoms with Gasteiger partial charge in [0, 0.05) is 25.6 Å². The van der Waals surface area contributed by atoms with Crippen molar-refractivity contribution in [3.8, 4) is 12.3 Å². The van der Waals surface area contributed by atoms with E-state index in [2.05, 4.69) is 58.4 Å². The molecule has 0 aromatic heterocycles. The summed E-state index contributed by atoms with van der Waals surface area (Å²) in [6.45, 7) is 5.44. The van der Waals surface area contributed by atoms with Gasteiger partial charge in [-0.2, -0.15) is 0 Å². The van der Waals surface area contributed by atoms with E-state index in [0.29, 0.717) is 12.5 Å². The maximum absolute atomic E-state index is 5.29. The van der Waals surface area contributed by atoms with E-state index in [9.17, 15) is 0 Å². The average Bonchev–Trinajstić information content (AvgIpc) is 2.94. The molecule has 0 amide bonds. The van der Waals surface area contributed by atoms with Crippen LogP contribution in [0.4, 0.5) is 0 Å². The van der Waals surface area contributed by atoms with Crippen LogP contribution in [0.2, 0.25) is 0 Å². The number of likely N-dealkylation sites (tertiary alicyclic amines) is 1. The molecule has 1 aliphatic rings. The minimum Gasteiger partial charge on any atom is -0.356 e. The molecule has 1 unspecified atom stereocenters. The standard InChI is InChI=1S/C16H21N3/c1-3-11-18-16(17-4-2)19-12-10-15(13-19)14-8-6-5-7-9-14/h1,5-9,15H,4,10-13H2,2H3,(H,17,18). The topological polar surface area (TPSA) is 27.6 Å². The van der Waals surface area contributed by atoms with Crippen LogP contribution in [0.15, 0.2) is 35.3 Å². The summed E-state index contributed by atoms with van der Waals surface area (Å²) in [5.74, 6) is 4.11. The van der Waals surface area contributed by atoms with Crippen molar-refractivity contribution in [2.75, 3.05) is 26.2 Å². The van der Waals surface area contributed by atoms with Gasteiger partial charge in [-0.3, -0.25) is 0 Å². The maximum atomic E-state index is 5.29. The molecule has 1 atom stereocenters. The Bertz CT molecular complexity index is 459. The van der Waals surface area contributed by atoms with E-state index >= 15 is 0 Å². The number of benzene rings is 1. The molecule has 1 aromatic rings. The van der Waals surface area contributed by atoms with E-state index in [0.717, 1.165) is 25.6 Å². The number of hydrogen-bond donors (Lipinski definition) is 1. The Morgan fingerprint density at radius 1 is 1.47 bits per heavy atom. The fourth-order valence-corrected chi connectivity index (χ4v) is 2.50. The van der Waals surface area contributed by atoms with Crippen molar-refractivity contribution < 1.29 is 0 Å². The number of terminal acetylenes is 1. The number of nitrogens with one attached hydrogen (secondary N) is 1. The van der Waals surface area contributed by atoms with Gasteiger partial charge in [-0.15, -0.1) is 6.42 Å². The fourth-order valence-electron chi connectivity index (χ4n) is 2.50. The van der Waals surface area contributed by atoms with Crippen LogP contribution in [-0.4, -0.2) is 37.0 Å². The van der Waals surface area contributed by atoms with Gasteiger partial charge in [-0.1, -0.05) is 36.3 Å². The van der Waals surface area contributed by atoms with Gasteiger partial charge >= 0.3 is 0 Å². The lowest BCUT2D eigenvalue weighted by atomic mass is 9.99. The lowest BCUT2D eigenvalue weighted by Crippen LogP contribution is -2.40. The fraction of sp³-hybridized carbons (Fsp3) is 0.438. The molecule has 1 saturated heterocycles. The highest BCUT2D eigenvalue weighted by atomic mass is 15.3. The van der Waals surface area contributed by atoms with Gasteiger partial charge in [0.25, 0.3) is 0 Å². The summed E-state index contributed by atoms with van der Waals surface area (Å²) in [4.78, 5) is 6.74. The van der Waals surface area contributed by atoms with Crippen LogP contribution >= 0.6 is 0 Å². The van der Waals surface area contributed by atoms with Crippen molar-refractivity contribution in [2.45, 2.75) is 19.3 Å². The molecule has 0 spiro atoms. The number of aliphatic imine (C=N–C) groups is 1. The van der Waals surface area contributed by atoms with Crippen molar-refractivity contribution in [3.05, 3.63) is 35.9 Å². The zero-order valence-corrected chi connectivity index (χ0v) is 11.5. The molecule has 1 fully saturated rings. The Labute approximate surface area is 115 Å². The molecular weight excluding hydrogens is 234 g/mol. The third-order valence-corrected chi connectivity index (χ3v) is 3.41. The maximum Gasteiger partial charge on any atom is 0.194 e. The molecule has 1 aliphatic heterocycles. The van der Waals surface area contributed by atoms with Crippen LogP contribution in [0.5, 0.6) is 0 Å². The van der Waals surface area contributed by atoms with Crippen LogP contribution in [0.3, 0.4) is 0 Å². The summed E-state index contributed by atoms with van der Waals surface area (Å²) >= 11 is 0. The molecule has 0 bridgehead atoms. The zero-order chi connectivity index (χ0) is 13.5.